The van der Waals surface area contributed by atoms with Gasteiger partial charge >= 0.3 is 17.6 Å². The molecule has 1 aliphatic heterocycles. The second-order valence-electron chi connectivity index (χ2n) is 7.79. The minimum Gasteiger partial charge on any atom is -0.460 e. The maximum atomic E-state index is 16.3. The van der Waals surface area contributed by atoms with Crippen molar-refractivity contribution in [2.24, 2.45) is 11.8 Å². The lowest BCUT2D eigenvalue weighted by molar-refractivity contribution is -0.171. The van der Waals surface area contributed by atoms with Gasteiger partial charge in [-0.25, -0.2) is 9.18 Å². The van der Waals surface area contributed by atoms with Gasteiger partial charge in [0.1, 0.15) is 18.0 Å². The number of nitrogens with zero attached hydrogens (tertiary/aromatic N) is 2. The molecule has 0 saturated carbocycles. The van der Waals surface area contributed by atoms with Gasteiger partial charge in [0.15, 0.2) is 12.3 Å². The molecule has 1 saturated heterocycles. The highest BCUT2D eigenvalue weighted by Crippen LogP contribution is 2.44. The van der Waals surface area contributed by atoms with Crippen LogP contribution >= 0.6 is 11.6 Å². The van der Waals surface area contributed by atoms with Gasteiger partial charge in [-0.3, -0.25) is 14.2 Å². The van der Waals surface area contributed by atoms with Crippen molar-refractivity contribution in [2.45, 2.75) is 64.8 Å². The molecule has 5 atom stereocenters. The average molecular weight is 458 g/mol. The Bertz CT molecular complexity index is 956. The van der Waals surface area contributed by atoms with Crippen molar-refractivity contribution in [1.82, 2.24) is 9.55 Å². The molecule has 2 heterocycles. The third-order valence-electron chi connectivity index (χ3n) is 4.65. The molecule has 0 radical (unpaired) electrons. The highest BCUT2D eigenvalue weighted by molar-refractivity contribution is 6.30. The molecule has 2 N–H and O–H groups in total. The number of ether oxygens (including phenoxy) is 3. The van der Waals surface area contributed by atoms with E-state index in [1.54, 1.807) is 27.7 Å². The minimum atomic E-state index is -2.75. The van der Waals surface area contributed by atoms with Crippen LogP contribution in [0.4, 0.5) is 10.2 Å². The maximum absolute atomic E-state index is 16.3. The zero-order valence-electron chi connectivity index (χ0n) is 17.8. The first-order chi connectivity index (χ1) is 14.4. The number of rotatable bonds is 6. The van der Waals surface area contributed by atoms with E-state index in [-0.39, 0.29) is 5.82 Å². The molecule has 0 amide bonds. The summed E-state index contributed by atoms with van der Waals surface area (Å²) in [5.74, 6) is -0.275. The van der Waals surface area contributed by atoms with Crippen LogP contribution in [0.1, 0.15) is 40.8 Å². The number of carbonyl (C=O) groups excluding carboxylic acids is 2. The van der Waals surface area contributed by atoms with Crippen LogP contribution in [0.3, 0.4) is 0 Å². The number of aromatic nitrogens is 2. The summed E-state index contributed by atoms with van der Waals surface area (Å²) >= 11 is 5.50. The van der Waals surface area contributed by atoms with E-state index in [1.165, 1.54) is 19.2 Å². The number of anilines is 1. The van der Waals surface area contributed by atoms with Gasteiger partial charge in [0.25, 0.3) is 5.67 Å². The molecule has 0 aromatic carbocycles. The largest absolute Gasteiger partial charge is 0.460 e. The van der Waals surface area contributed by atoms with Crippen molar-refractivity contribution in [3.63, 3.8) is 0 Å². The second kappa shape index (κ2) is 9.66. The normalized spacial score (nSPS) is 26.3. The van der Waals surface area contributed by atoms with Crippen LogP contribution < -0.4 is 11.4 Å². The topological polar surface area (TPSA) is 123 Å². The van der Waals surface area contributed by atoms with Gasteiger partial charge in [0, 0.05) is 11.6 Å². The van der Waals surface area contributed by atoms with Crippen LogP contribution in [0.15, 0.2) is 17.1 Å². The fourth-order valence-electron chi connectivity index (χ4n) is 2.93. The summed E-state index contributed by atoms with van der Waals surface area (Å²) in [6, 6.07) is 1.27. The van der Waals surface area contributed by atoms with E-state index in [0.717, 1.165) is 4.57 Å². The van der Waals surface area contributed by atoms with Crippen LogP contribution in [0.5, 0.6) is 0 Å². The van der Waals surface area contributed by atoms with Crippen molar-refractivity contribution in [1.29, 1.82) is 0 Å². The number of hydrogen-bond acceptors (Lipinski definition) is 8. The number of nitrogens with two attached hydrogens (primary N) is 1. The van der Waals surface area contributed by atoms with Crippen molar-refractivity contribution in [3.05, 3.63) is 22.7 Å². The van der Waals surface area contributed by atoms with E-state index in [2.05, 4.69) is 10.9 Å². The molecule has 31 heavy (non-hydrogen) atoms. The summed E-state index contributed by atoms with van der Waals surface area (Å²) in [4.78, 5) is 40.3. The van der Waals surface area contributed by atoms with Crippen molar-refractivity contribution < 1.29 is 28.2 Å². The summed E-state index contributed by atoms with van der Waals surface area (Å²) in [5, 5.41) is 1.94. The van der Waals surface area contributed by atoms with Crippen LogP contribution in [0, 0.1) is 23.1 Å². The molecule has 170 valence electrons. The lowest BCUT2D eigenvalue weighted by Gasteiger charge is -2.29. The highest BCUT2D eigenvalue weighted by Gasteiger charge is 2.62. The van der Waals surface area contributed by atoms with Crippen molar-refractivity contribution in [2.75, 3.05) is 5.73 Å². The Morgan fingerprint density at radius 1 is 1.29 bits per heavy atom. The standard InChI is InChI=1S/C20H25ClFN3O6/c1-10(2)16(26)29-12(5)14-15(31-17(27)11(3)4)20(22,7-8-21)18(30-14)25-9-6-13(23)24-19(25)28/h6,9-12,14-15,18H,1-5H3,(H2,23,24,28)/t12?,14-,15-,18-,20-/m1/s1. The van der Waals surface area contributed by atoms with Crippen molar-refractivity contribution >= 4 is 29.4 Å². The molecule has 0 spiro atoms. The van der Waals surface area contributed by atoms with Crippen LogP contribution in [0.2, 0.25) is 0 Å². The summed E-state index contributed by atoms with van der Waals surface area (Å²) in [7, 11) is 0. The molecule has 11 heteroatoms. The van der Waals surface area contributed by atoms with E-state index >= 15 is 4.39 Å². The molecule has 1 aromatic heterocycles. The van der Waals surface area contributed by atoms with Gasteiger partial charge < -0.3 is 19.9 Å². The molecule has 0 bridgehead atoms. The van der Waals surface area contributed by atoms with E-state index in [9.17, 15) is 14.4 Å². The quantitative estimate of drug-likeness (QED) is 0.506. The summed E-state index contributed by atoms with van der Waals surface area (Å²) in [6.07, 6.45) is -4.52. The zero-order chi connectivity index (χ0) is 23.5. The molecule has 1 unspecified atom stereocenters. The van der Waals surface area contributed by atoms with E-state index < -0.39 is 59.7 Å². The summed E-state index contributed by atoms with van der Waals surface area (Å²) in [5.41, 5.74) is 1.84. The monoisotopic (exact) mass is 457 g/mol. The summed E-state index contributed by atoms with van der Waals surface area (Å²) < 4.78 is 33.6. The number of hydrogen-bond donors (Lipinski definition) is 1. The van der Waals surface area contributed by atoms with Gasteiger partial charge in [-0.05, 0) is 30.5 Å². The van der Waals surface area contributed by atoms with Crippen molar-refractivity contribution in [3.8, 4) is 11.3 Å². The van der Waals surface area contributed by atoms with E-state index in [4.69, 9.17) is 31.5 Å². The third kappa shape index (κ3) is 5.17. The molecule has 9 nitrogen and oxygen atoms in total. The fraction of sp³-hybridized carbons (Fsp3) is 0.600. The van der Waals surface area contributed by atoms with Crippen LogP contribution in [0.25, 0.3) is 0 Å². The maximum Gasteiger partial charge on any atom is 0.351 e. The predicted octanol–water partition coefficient (Wildman–Crippen LogP) is 1.79. The van der Waals surface area contributed by atoms with Gasteiger partial charge in [-0.1, -0.05) is 27.7 Å². The highest BCUT2D eigenvalue weighted by atomic mass is 35.5. The Labute approximate surface area is 184 Å². The van der Waals surface area contributed by atoms with E-state index in [1.807, 2.05) is 5.38 Å². The Hall–Kier alpha value is -2.64. The molecule has 1 aromatic rings. The van der Waals surface area contributed by atoms with Gasteiger partial charge in [0.2, 0.25) is 0 Å². The smallest absolute Gasteiger partial charge is 0.351 e. The summed E-state index contributed by atoms with van der Waals surface area (Å²) in [6.45, 7) is 7.84. The fourth-order valence-corrected chi connectivity index (χ4v) is 3.08. The lowest BCUT2D eigenvalue weighted by Crippen LogP contribution is -2.49. The van der Waals surface area contributed by atoms with Crippen LogP contribution in [-0.4, -0.2) is 45.5 Å². The number of nitrogen functional groups attached to an aromatic ring is 1. The van der Waals surface area contributed by atoms with Gasteiger partial charge in [-0.15, -0.1) is 0 Å². The number of halogens is 2. The third-order valence-corrected chi connectivity index (χ3v) is 4.75. The van der Waals surface area contributed by atoms with Crippen LogP contribution in [-0.2, 0) is 23.8 Å². The second-order valence-corrected chi connectivity index (χ2v) is 7.98. The Morgan fingerprint density at radius 2 is 1.90 bits per heavy atom. The Kier molecular flexibility index (Phi) is 7.68. The van der Waals surface area contributed by atoms with Gasteiger partial charge in [-0.2, -0.15) is 4.98 Å². The lowest BCUT2D eigenvalue weighted by atomic mass is 9.94. The zero-order valence-corrected chi connectivity index (χ0v) is 18.6. The average Bonchev–Trinajstić information content (AvgIpc) is 2.94. The molecule has 1 aliphatic rings. The number of alkyl halides is 1. The van der Waals surface area contributed by atoms with E-state index in [0.29, 0.717) is 0 Å². The predicted molar refractivity (Wildman–Crippen MR) is 109 cm³/mol. The molecular formula is C20H25ClFN3O6. The van der Waals surface area contributed by atoms with Gasteiger partial charge in [0.05, 0.1) is 11.8 Å². The first-order valence-corrected chi connectivity index (χ1v) is 10.0. The SMILES string of the molecule is CC(C)C(=O)OC(C)[C@H]1O[C@@H](n2ccc(N)nc2=O)[C@@](F)(C#CCl)[C@@H]1OC(=O)C(C)C. The molecule has 0 aliphatic carbocycles. The first-order valence-electron chi connectivity index (χ1n) is 9.65. The first kappa shape index (κ1) is 24.6. The minimum absolute atomic E-state index is 0.0781. The Morgan fingerprint density at radius 3 is 2.42 bits per heavy atom. The number of esters is 2. The number of carbonyl (C=O) groups is 2. The molecular weight excluding hydrogens is 433 g/mol. The molecule has 1 fully saturated rings. The Balaban J connectivity index is 2.56. The molecule has 2 rings (SSSR count).